The van der Waals surface area contributed by atoms with Gasteiger partial charge in [-0.1, -0.05) is 30.3 Å². The smallest absolute Gasteiger partial charge is 0.213 e. The standard InChI is InChI=1S/C21H27FN2O/c1-21(2,22)16-24-12-10-17(11-13-24)15-25-20-9-8-19(14-23-20)18-6-4-3-5-7-18/h3-9,14,17H,10-13,15-16H2,1-2H3. The summed E-state index contributed by atoms with van der Waals surface area (Å²) in [5.74, 6) is 1.20. The molecule has 1 aromatic carbocycles. The lowest BCUT2D eigenvalue weighted by Crippen LogP contribution is -2.41. The van der Waals surface area contributed by atoms with E-state index in [0.29, 0.717) is 24.9 Å². The van der Waals surface area contributed by atoms with E-state index in [1.54, 1.807) is 13.8 Å². The largest absolute Gasteiger partial charge is 0.477 e. The number of benzene rings is 1. The lowest BCUT2D eigenvalue weighted by atomic mass is 9.97. The third-order valence-electron chi connectivity index (χ3n) is 4.62. The van der Waals surface area contributed by atoms with Crippen molar-refractivity contribution < 1.29 is 9.13 Å². The van der Waals surface area contributed by atoms with Gasteiger partial charge >= 0.3 is 0 Å². The number of nitrogens with zero attached hydrogens (tertiary/aromatic N) is 2. The fourth-order valence-electron chi connectivity index (χ4n) is 3.31. The predicted molar refractivity (Wildman–Crippen MR) is 99.5 cm³/mol. The summed E-state index contributed by atoms with van der Waals surface area (Å²) in [4.78, 5) is 6.63. The number of halogens is 1. The first-order valence-corrected chi connectivity index (χ1v) is 9.05. The van der Waals surface area contributed by atoms with E-state index >= 15 is 0 Å². The van der Waals surface area contributed by atoms with Gasteiger partial charge in [0.15, 0.2) is 0 Å². The van der Waals surface area contributed by atoms with E-state index in [4.69, 9.17) is 4.74 Å². The SMILES string of the molecule is CC(C)(F)CN1CCC(COc2ccc(-c3ccccc3)cn2)CC1. The molecule has 0 unspecified atom stereocenters. The van der Waals surface area contributed by atoms with Gasteiger partial charge in [-0.15, -0.1) is 0 Å². The minimum Gasteiger partial charge on any atom is -0.477 e. The first-order valence-electron chi connectivity index (χ1n) is 9.05. The third kappa shape index (κ3) is 5.53. The van der Waals surface area contributed by atoms with Gasteiger partial charge in [-0.25, -0.2) is 9.37 Å². The summed E-state index contributed by atoms with van der Waals surface area (Å²) in [6.07, 6.45) is 3.97. The van der Waals surface area contributed by atoms with Crippen LogP contribution in [0.4, 0.5) is 4.39 Å². The average molecular weight is 342 g/mol. The summed E-state index contributed by atoms with van der Waals surface area (Å²) in [7, 11) is 0. The Kier molecular flexibility index (Phi) is 5.69. The van der Waals surface area contributed by atoms with Crippen molar-refractivity contribution in [2.75, 3.05) is 26.2 Å². The lowest BCUT2D eigenvalue weighted by Gasteiger charge is -2.34. The molecule has 0 spiro atoms. The van der Waals surface area contributed by atoms with Crippen LogP contribution in [0.2, 0.25) is 0 Å². The molecule has 0 saturated carbocycles. The predicted octanol–water partition coefficient (Wildman–Crippen LogP) is 4.59. The van der Waals surface area contributed by atoms with E-state index in [-0.39, 0.29) is 0 Å². The van der Waals surface area contributed by atoms with Gasteiger partial charge in [-0.05, 0) is 57.3 Å². The monoisotopic (exact) mass is 342 g/mol. The van der Waals surface area contributed by atoms with E-state index in [1.807, 2.05) is 36.5 Å². The van der Waals surface area contributed by atoms with Crippen LogP contribution in [0.15, 0.2) is 48.7 Å². The molecule has 1 aliphatic rings. The number of likely N-dealkylation sites (tertiary alicyclic amines) is 1. The van der Waals surface area contributed by atoms with E-state index < -0.39 is 5.67 Å². The molecule has 2 aromatic rings. The molecule has 1 aliphatic heterocycles. The van der Waals surface area contributed by atoms with Crippen molar-refractivity contribution in [2.24, 2.45) is 5.92 Å². The van der Waals surface area contributed by atoms with Crippen molar-refractivity contribution in [1.82, 2.24) is 9.88 Å². The van der Waals surface area contributed by atoms with Crippen LogP contribution < -0.4 is 4.74 Å². The minimum atomic E-state index is -1.12. The third-order valence-corrected chi connectivity index (χ3v) is 4.62. The molecule has 3 nitrogen and oxygen atoms in total. The molecule has 1 fully saturated rings. The Morgan fingerprint density at radius 1 is 1.08 bits per heavy atom. The van der Waals surface area contributed by atoms with Crippen LogP contribution in [0, 0.1) is 5.92 Å². The Labute approximate surface area is 149 Å². The number of piperidine rings is 1. The highest BCUT2D eigenvalue weighted by Crippen LogP contribution is 2.23. The maximum Gasteiger partial charge on any atom is 0.213 e. The highest BCUT2D eigenvalue weighted by molar-refractivity contribution is 5.62. The second kappa shape index (κ2) is 7.96. The van der Waals surface area contributed by atoms with Crippen molar-refractivity contribution >= 4 is 0 Å². The molecule has 0 N–H and O–H groups in total. The maximum atomic E-state index is 13.7. The number of pyridine rings is 1. The minimum absolute atomic E-state index is 0.517. The van der Waals surface area contributed by atoms with E-state index in [2.05, 4.69) is 22.0 Å². The Hall–Kier alpha value is -1.94. The summed E-state index contributed by atoms with van der Waals surface area (Å²) >= 11 is 0. The number of hydrogen-bond acceptors (Lipinski definition) is 3. The van der Waals surface area contributed by atoms with Gasteiger partial charge in [0, 0.05) is 24.4 Å². The lowest BCUT2D eigenvalue weighted by molar-refractivity contribution is 0.0830. The highest BCUT2D eigenvalue weighted by atomic mass is 19.1. The molecule has 0 radical (unpaired) electrons. The second-order valence-corrected chi connectivity index (χ2v) is 7.50. The fraction of sp³-hybridized carbons (Fsp3) is 0.476. The van der Waals surface area contributed by atoms with Gasteiger partial charge < -0.3 is 9.64 Å². The van der Waals surface area contributed by atoms with Gasteiger partial charge in [-0.2, -0.15) is 0 Å². The normalized spacial score (nSPS) is 16.8. The second-order valence-electron chi connectivity index (χ2n) is 7.50. The quantitative estimate of drug-likeness (QED) is 0.768. The maximum absolute atomic E-state index is 13.7. The molecule has 1 aromatic heterocycles. The van der Waals surface area contributed by atoms with Gasteiger partial charge in [0.1, 0.15) is 5.67 Å². The Balaban J connectivity index is 1.45. The zero-order chi connectivity index (χ0) is 17.7. The summed E-state index contributed by atoms with van der Waals surface area (Å²) in [6.45, 7) is 6.39. The molecular weight excluding hydrogens is 315 g/mol. The first kappa shape index (κ1) is 17.9. The molecule has 0 amide bonds. The molecule has 4 heteroatoms. The van der Waals surface area contributed by atoms with Gasteiger partial charge in [0.2, 0.25) is 5.88 Å². The number of hydrogen-bond donors (Lipinski definition) is 0. The van der Waals surface area contributed by atoms with Crippen LogP contribution in [-0.2, 0) is 0 Å². The number of rotatable bonds is 6. The summed E-state index contributed by atoms with van der Waals surface area (Å²) in [5, 5.41) is 0. The molecule has 2 heterocycles. The zero-order valence-corrected chi connectivity index (χ0v) is 15.1. The van der Waals surface area contributed by atoms with Crippen LogP contribution in [0.3, 0.4) is 0 Å². The van der Waals surface area contributed by atoms with Crippen LogP contribution in [-0.4, -0.2) is 41.8 Å². The highest BCUT2D eigenvalue weighted by Gasteiger charge is 2.25. The van der Waals surface area contributed by atoms with Crippen molar-refractivity contribution in [2.45, 2.75) is 32.4 Å². The number of aromatic nitrogens is 1. The van der Waals surface area contributed by atoms with Crippen LogP contribution in [0.25, 0.3) is 11.1 Å². The van der Waals surface area contributed by atoms with Gasteiger partial charge in [0.05, 0.1) is 6.61 Å². The van der Waals surface area contributed by atoms with E-state index in [0.717, 1.165) is 37.1 Å². The van der Waals surface area contributed by atoms with Crippen molar-refractivity contribution in [3.8, 4) is 17.0 Å². The van der Waals surface area contributed by atoms with Crippen LogP contribution in [0.5, 0.6) is 5.88 Å². The Bertz CT molecular complexity index is 644. The van der Waals surface area contributed by atoms with Crippen molar-refractivity contribution in [3.63, 3.8) is 0 Å². The number of alkyl halides is 1. The molecule has 0 aliphatic carbocycles. The zero-order valence-electron chi connectivity index (χ0n) is 15.1. The van der Waals surface area contributed by atoms with Crippen molar-refractivity contribution in [1.29, 1.82) is 0 Å². The van der Waals surface area contributed by atoms with Crippen LogP contribution >= 0.6 is 0 Å². The molecule has 134 valence electrons. The Morgan fingerprint density at radius 2 is 1.80 bits per heavy atom. The molecule has 3 rings (SSSR count). The summed E-state index contributed by atoms with van der Waals surface area (Å²) in [6, 6.07) is 14.2. The van der Waals surface area contributed by atoms with Crippen LogP contribution in [0.1, 0.15) is 26.7 Å². The molecule has 0 bridgehead atoms. The molecule has 25 heavy (non-hydrogen) atoms. The fourth-order valence-corrected chi connectivity index (χ4v) is 3.31. The summed E-state index contributed by atoms with van der Waals surface area (Å²) < 4.78 is 19.6. The first-order chi connectivity index (χ1) is 12.0. The molecule has 0 atom stereocenters. The average Bonchev–Trinajstić information content (AvgIpc) is 2.61. The van der Waals surface area contributed by atoms with E-state index in [9.17, 15) is 4.39 Å². The summed E-state index contributed by atoms with van der Waals surface area (Å²) in [5.41, 5.74) is 1.13. The van der Waals surface area contributed by atoms with Crippen molar-refractivity contribution in [3.05, 3.63) is 48.7 Å². The number of ether oxygens (including phenoxy) is 1. The van der Waals surface area contributed by atoms with Gasteiger partial charge in [-0.3, -0.25) is 0 Å². The van der Waals surface area contributed by atoms with Gasteiger partial charge in [0.25, 0.3) is 0 Å². The molecular formula is C21H27FN2O. The molecule has 1 saturated heterocycles. The Morgan fingerprint density at radius 3 is 2.40 bits per heavy atom. The van der Waals surface area contributed by atoms with E-state index in [1.165, 1.54) is 0 Å². The topological polar surface area (TPSA) is 25.4 Å².